The number of fused-ring (bicyclic) bond motifs is 1. The average molecular weight is 389 g/mol. The summed E-state index contributed by atoms with van der Waals surface area (Å²) in [5, 5.41) is 15.3. The minimum atomic E-state index is -0.559. The maximum absolute atomic E-state index is 12.8. The molecule has 4 aromatic rings. The molecule has 0 aliphatic carbocycles. The lowest BCUT2D eigenvalue weighted by Gasteiger charge is -2.21. The van der Waals surface area contributed by atoms with Crippen LogP contribution in [0.3, 0.4) is 0 Å². The molecule has 0 fully saturated rings. The van der Waals surface area contributed by atoms with Crippen LogP contribution in [0, 0.1) is 0 Å². The van der Waals surface area contributed by atoms with Gasteiger partial charge in [0.2, 0.25) is 0 Å². The van der Waals surface area contributed by atoms with Crippen molar-refractivity contribution in [2.45, 2.75) is 6.04 Å². The Morgan fingerprint density at radius 2 is 1.68 bits per heavy atom. The van der Waals surface area contributed by atoms with Gasteiger partial charge in [-0.3, -0.25) is 9.78 Å². The summed E-state index contributed by atoms with van der Waals surface area (Å²) < 4.78 is 0. The second kappa shape index (κ2) is 7.71. The van der Waals surface area contributed by atoms with E-state index in [1.807, 2.05) is 54.6 Å². The van der Waals surface area contributed by atoms with Crippen LogP contribution >= 0.6 is 11.6 Å². The number of hydrogen-bond donors (Lipinski definition) is 2. The van der Waals surface area contributed by atoms with Gasteiger partial charge in [-0.25, -0.2) is 0 Å². The third kappa shape index (κ3) is 3.55. The highest BCUT2D eigenvalue weighted by Crippen LogP contribution is 2.35. The van der Waals surface area contributed by atoms with Gasteiger partial charge in [0.25, 0.3) is 5.91 Å². The Morgan fingerprint density at radius 3 is 2.43 bits per heavy atom. The zero-order valence-electron chi connectivity index (χ0n) is 14.8. The smallest absolute Gasteiger partial charge is 0.252 e. The summed E-state index contributed by atoms with van der Waals surface area (Å²) >= 11 is 6.03. The second-order valence-electron chi connectivity index (χ2n) is 6.40. The maximum atomic E-state index is 12.8. The second-order valence-corrected chi connectivity index (χ2v) is 6.84. The number of aromatic hydroxyl groups is 1. The average Bonchev–Trinajstić information content (AvgIpc) is 2.74. The Kier molecular flexibility index (Phi) is 4.96. The number of benzene rings is 3. The highest BCUT2D eigenvalue weighted by molar-refractivity contribution is 6.30. The highest BCUT2D eigenvalue weighted by Gasteiger charge is 2.22. The summed E-state index contributed by atoms with van der Waals surface area (Å²) in [6.45, 7) is 0. The molecule has 1 atom stereocenters. The molecule has 1 aromatic heterocycles. The van der Waals surface area contributed by atoms with Crippen LogP contribution < -0.4 is 5.32 Å². The van der Waals surface area contributed by atoms with E-state index >= 15 is 0 Å². The van der Waals surface area contributed by atoms with Crippen molar-refractivity contribution in [3.63, 3.8) is 0 Å². The monoisotopic (exact) mass is 388 g/mol. The van der Waals surface area contributed by atoms with Gasteiger partial charge in [0, 0.05) is 27.7 Å². The predicted molar refractivity (Wildman–Crippen MR) is 111 cm³/mol. The van der Waals surface area contributed by atoms with E-state index in [4.69, 9.17) is 11.6 Å². The van der Waals surface area contributed by atoms with Crippen LogP contribution in [0.15, 0.2) is 85.1 Å². The number of aromatic nitrogens is 1. The number of nitrogens with zero attached hydrogens (tertiary/aromatic N) is 1. The number of halogens is 1. The lowest BCUT2D eigenvalue weighted by atomic mass is 9.96. The summed E-state index contributed by atoms with van der Waals surface area (Å²) in [5.74, 6) is -0.188. The molecule has 0 unspecified atom stereocenters. The zero-order valence-corrected chi connectivity index (χ0v) is 15.6. The Balaban J connectivity index is 1.80. The standard InChI is InChI=1S/C23H17ClN2O2/c24-18-11-8-16(9-12-18)20(26-23(28)17-5-2-1-3-6-17)19-13-10-15-7-4-14-25-21(15)22(19)27/h1-14,20,27H,(H,26,28)/t20-/m0/s1. The first-order valence-electron chi connectivity index (χ1n) is 8.81. The first-order chi connectivity index (χ1) is 13.6. The van der Waals surface area contributed by atoms with Crippen molar-refractivity contribution in [3.05, 3.63) is 107 Å². The van der Waals surface area contributed by atoms with E-state index in [9.17, 15) is 9.90 Å². The lowest BCUT2D eigenvalue weighted by Crippen LogP contribution is -2.29. The quantitative estimate of drug-likeness (QED) is 0.510. The fourth-order valence-electron chi connectivity index (χ4n) is 3.18. The number of nitrogens with one attached hydrogen (secondary N) is 1. The maximum Gasteiger partial charge on any atom is 0.252 e. The Morgan fingerprint density at radius 1 is 0.929 bits per heavy atom. The molecule has 3 aromatic carbocycles. The number of phenolic OH excluding ortho intramolecular Hbond substituents is 1. The van der Waals surface area contributed by atoms with Crippen molar-refractivity contribution < 1.29 is 9.90 Å². The van der Waals surface area contributed by atoms with Crippen molar-refractivity contribution in [3.8, 4) is 5.75 Å². The number of amides is 1. The third-order valence-corrected chi connectivity index (χ3v) is 4.86. The minimum Gasteiger partial charge on any atom is -0.505 e. The molecule has 0 aliphatic heterocycles. The van der Waals surface area contributed by atoms with Crippen molar-refractivity contribution in [1.29, 1.82) is 0 Å². The van der Waals surface area contributed by atoms with Crippen molar-refractivity contribution >= 4 is 28.4 Å². The molecule has 4 rings (SSSR count). The minimum absolute atomic E-state index is 0.0476. The summed E-state index contributed by atoms with van der Waals surface area (Å²) in [4.78, 5) is 17.1. The molecular formula is C23H17ClN2O2. The molecule has 0 saturated carbocycles. The summed E-state index contributed by atoms with van der Waals surface area (Å²) in [6, 6.07) is 23.0. The number of rotatable bonds is 4. The summed E-state index contributed by atoms with van der Waals surface area (Å²) in [5.41, 5.74) is 2.41. The van der Waals surface area contributed by atoms with Crippen LogP contribution in [0.25, 0.3) is 10.9 Å². The molecule has 138 valence electrons. The van der Waals surface area contributed by atoms with Crippen molar-refractivity contribution in [2.24, 2.45) is 0 Å². The molecule has 0 saturated heterocycles. The van der Waals surface area contributed by atoms with Gasteiger partial charge in [-0.1, -0.05) is 60.1 Å². The number of carbonyl (C=O) groups excluding carboxylic acids is 1. The van der Waals surface area contributed by atoms with E-state index in [1.165, 1.54) is 0 Å². The van der Waals surface area contributed by atoms with Gasteiger partial charge in [-0.15, -0.1) is 0 Å². The molecule has 0 bridgehead atoms. The van der Waals surface area contributed by atoms with Gasteiger partial charge in [-0.05, 0) is 35.9 Å². The van der Waals surface area contributed by atoms with Crippen LogP contribution in [0.2, 0.25) is 5.02 Å². The van der Waals surface area contributed by atoms with Gasteiger partial charge in [0.1, 0.15) is 11.3 Å². The van der Waals surface area contributed by atoms with E-state index in [0.717, 1.165) is 10.9 Å². The van der Waals surface area contributed by atoms with Gasteiger partial charge >= 0.3 is 0 Å². The predicted octanol–water partition coefficient (Wildman–Crippen LogP) is 5.11. The first kappa shape index (κ1) is 18.0. The van der Waals surface area contributed by atoms with E-state index in [1.54, 1.807) is 30.5 Å². The lowest BCUT2D eigenvalue weighted by molar-refractivity contribution is 0.0942. The van der Waals surface area contributed by atoms with Crippen LogP contribution in [0.5, 0.6) is 5.75 Å². The molecule has 28 heavy (non-hydrogen) atoms. The molecule has 1 amide bonds. The van der Waals surface area contributed by atoms with Crippen molar-refractivity contribution in [2.75, 3.05) is 0 Å². The van der Waals surface area contributed by atoms with Gasteiger partial charge < -0.3 is 10.4 Å². The molecule has 0 spiro atoms. The Bertz CT molecular complexity index is 1130. The van der Waals surface area contributed by atoms with Gasteiger partial charge in [-0.2, -0.15) is 0 Å². The number of pyridine rings is 1. The Labute approximate surface area is 167 Å². The molecule has 1 heterocycles. The largest absolute Gasteiger partial charge is 0.505 e. The van der Waals surface area contributed by atoms with E-state index < -0.39 is 6.04 Å². The molecule has 5 heteroatoms. The number of hydrogen-bond acceptors (Lipinski definition) is 3. The first-order valence-corrected chi connectivity index (χ1v) is 9.19. The van der Waals surface area contributed by atoms with Gasteiger partial charge in [0.15, 0.2) is 0 Å². The molecule has 2 N–H and O–H groups in total. The van der Waals surface area contributed by atoms with Crippen LogP contribution in [-0.2, 0) is 0 Å². The van der Waals surface area contributed by atoms with E-state index in [2.05, 4.69) is 10.3 Å². The fraction of sp³-hybridized carbons (Fsp3) is 0.0435. The van der Waals surface area contributed by atoms with Gasteiger partial charge in [0.05, 0.1) is 6.04 Å². The topological polar surface area (TPSA) is 62.2 Å². The van der Waals surface area contributed by atoms with Crippen LogP contribution in [0.4, 0.5) is 0 Å². The van der Waals surface area contributed by atoms with Crippen molar-refractivity contribution in [1.82, 2.24) is 10.3 Å². The zero-order chi connectivity index (χ0) is 19.5. The molecule has 4 nitrogen and oxygen atoms in total. The van der Waals surface area contributed by atoms with Crippen LogP contribution in [0.1, 0.15) is 27.5 Å². The highest BCUT2D eigenvalue weighted by atomic mass is 35.5. The van der Waals surface area contributed by atoms with Crippen LogP contribution in [-0.4, -0.2) is 16.0 Å². The Hall–Kier alpha value is -3.37. The molecule has 0 radical (unpaired) electrons. The van der Waals surface area contributed by atoms with E-state index in [0.29, 0.717) is 21.7 Å². The fourth-order valence-corrected chi connectivity index (χ4v) is 3.30. The van der Waals surface area contributed by atoms with E-state index in [-0.39, 0.29) is 11.7 Å². The number of phenols is 1. The summed E-state index contributed by atoms with van der Waals surface area (Å²) in [6.07, 6.45) is 1.63. The SMILES string of the molecule is O=C(N[C@@H](c1ccc(Cl)cc1)c1ccc2cccnc2c1O)c1ccccc1. The number of carbonyl (C=O) groups is 1. The third-order valence-electron chi connectivity index (χ3n) is 4.60. The molecular weight excluding hydrogens is 372 g/mol. The summed E-state index contributed by atoms with van der Waals surface area (Å²) in [7, 11) is 0. The normalized spacial score (nSPS) is 11.9. The molecule has 0 aliphatic rings.